The maximum atomic E-state index is 12.5. The average molecular weight is 377 g/mol. The zero-order valence-corrected chi connectivity index (χ0v) is 14.6. The van der Waals surface area contributed by atoms with Crippen molar-refractivity contribution < 1.29 is 14.5 Å². The number of fused-ring (bicyclic) bond motifs is 1. The number of imide groups is 1. The first-order valence-corrected chi connectivity index (χ1v) is 8.72. The van der Waals surface area contributed by atoms with Gasteiger partial charge in [0.05, 0.1) is 16.2 Å². The molecule has 3 aromatic rings. The Morgan fingerprint density at radius 1 is 0.889 bits per heavy atom. The first kappa shape index (κ1) is 16.9. The van der Waals surface area contributed by atoms with E-state index in [-0.39, 0.29) is 17.3 Å². The Kier molecular flexibility index (Phi) is 4.17. The third-order valence-electron chi connectivity index (χ3n) is 4.03. The monoisotopic (exact) mass is 377 g/mol. The molecule has 0 aliphatic carbocycles. The lowest BCUT2D eigenvalue weighted by molar-refractivity contribution is -0.384. The Morgan fingerprint density at radius 3 is 2.11 bits per heavy atom. The van der Waals surface area contributed by atoms with Crippen LogP contribution in [0.1, 0.15) is 20.8 Å². The molecule has 4 rings (SSSR count). The fourth-order valence-corrected chi connectivity index (χ4v) is 3.55. The van der Waals surface area contributed by atoms with E-state index in [9.17, 15) is 19.7 Å². The van der Waals surface area contributed by atoms with Crippen LogP contribution in [-0.4, -0.2) is 21.7 Å². The van der Waals surface area contributed by atoms with Crippen LogP contribution in [0.25, 0.3) is 0 Å². The number of nitro benzene ring substituents is 1. The highest BCUT2D eigenvalue weighted by Gasteiger charge is 2.37. The highest BCUT2D eigenvalue weighted by Crippen LogP contribution is 2.32. The van der Waals surface area contributed by atoms with Crippen molar-refractivity contribution in [3.05, 3.63) is 88.2 Å². The molecular weight excluding hydrogens is 366 g/mol. The van der Waals surface area contributed by atoms with Crippen molar-refractivity contribution >= 4 is 35.0 Å². The number of non-ortho nitro benzene ring substituents is 1. The molecule has 1 aromatic heterocycles. The van der Waals surface area contributed by atoms with Gasteiger partial charge in [0, 0.05) is 28.1 Å². The molecule has 0 atom stereocenters. The summed E-state index contributed by atoms with van der Waals surface area (Å²) in [5.74, 6) is -0.828. The molecule has 0 saturated heterocycles. The molecule has 7 nitrogen and oxygen atoms in total. The minimum absolute atomic E-state index is 0.0360. The van der Waals surface area contributed by atoms with E-state index in [1.807, 2.05) is 0 Å². The van der Waals surface area contributed by atoms with Gasteiger partial charge in [0.2, 0.25) is 0 Å². The number of carbonyl (C=O) groups is 2. The zero-order valence-electron chi connectivity index (χ0n) is 13.7. The summed E-state index contributed by atoms with van der Waals surface area (Å²) < 4.78 is 0. The number of nitro groups is 1. The number of pyridine rings is 1. The molecule has 0 saturated carbocycles. The summed E-state index contributed by atoms with van der Waals surface area (Å²) in [5.41, 5.74) is 0.962. The summed E-state index contributed by atoms with van der Waals surface area (Å²) in [6.45, 7) is 0. The molecule has 8 heteroatoms. The minimum atomic E-state index is -0.444. The molecule has 2 aromatic carbocycles. The van der Waals surface area contributed by atoms with E-state index < -0.39 is 10.8 Å². The van der Waals surface area contributed by atoms with E-state index in [4.69, 9.17) is 0 Å². The lowest BCUT2D eigenvalue weighted by atomic mass is 10.2. The quantitative estimate of drug-likeness (QED) is 0.388. The SMILES string of the molecule is O=C1c2cccnc2C(=O)N1c1ccc(Sc2ccc([N+](=O)[O-])cc2)cc1. The molecule has 0 N–H and O–H groups in total. The molecule has 1 aliphatic rings. The van der Waals surface area contributed by atoms with Crippen molar-refractivity contribution in [1.82, 2.24) is 4.98 Å². The minimum Gasteiger partial charge on any atom is -0.268 e. The normalized spacial score (nSPS) is 13.0. The Balaban J connectivity index is 1.54. The molecule has 2 heterocycles. The first-order valence-electron chi connectivity index (χ1n) is 7.91. The molecule has 0 bridgehead atoms. The number of hydrogen-bond donors (Lipinski definition) is 0. The van der Waals surface area contributed by atoms with Crippen LogP contribution in [0.5, 0.6) is 0 Å². The third-order valence-corrected chi connectivity index (χ3v) is 5.04. The van der Waals surface area contributed by atoms with Gasteiger partial charge in [-0.25, -0.2) is 4.90 Å². The van der Waals surface area contributed by atoms with Gasteiger partial charge in [-0.15, -0.1) is 0 Å². The summed E-state index contributed by atoms with van der Waals surface area (Å²) in [7, 11) is 0. The van der Waals surface area contributed by atoms with E-state index in [0.717, 1.165) is 14.7 Å². The standard InChI is InChI=1S/C19H11N3O4S/c23-18-16-2-1-11-20-17(16)19(24)21(18)12-3-7-14(8-4-12)27-15-9-5-13(6-10-15)22(25)26/h1-11H. The topological polar surface area (TPSA) is 93.4 Å². The van der Waals surface area contributed by atoms with E-state index in [1.54, 1.807) is 48.5 Å². The molecule has 27 heavy (non-hydrogen) atoms. The molecule has 0 unspecified atom stereocenters. The number of anilines is 1. The van der Waals surface area contributed by atoms with E-state index in [2.05, 4.69) is 4.98 Å². The second-order valence-corrected chi connectivity index (χ2v) is 6.84. The zero-order chi connectivity index (χ0) is 19.0. The number of hydrogen-bond acceptors (Lipinski definition) is 6. The number of carbonyl (C=O) groups excluding carboxylic acids is 2. The number of rotatable bonds is 4. The highest BCUT2D eigenvalue weighted by molar-refractivity contribution is 7.99. The molecule has 2 amide bonds. The molecule has 0 spiro atoms. The predicted molar refractivity (Wildman–Crippen MR) is 99.0 cm³/mol. The van der Waals surface area contributed by atoms with Gasteiger partial charge >= 0.3 is 0 Å². The van der Waals surface area contributed by atoms with Crippen molar-refractivity contribution in [2.75, 3.05) is 4.90 Å². The van der Waals surface area contributed by atoms with Crippen LogP contribution in [0, 0.1) is 10.1 Å². The second-order valence-electron chi connectivity index (χ2n) is 5.69. The second kappa shape index (κ2) is 6.65. The van der Waals surface area contributed by atoms with Gasteiger partial charge in [-0.2, -0.15) is 0 Å². The largest absolute Gasteiger partial charge is 0.284 e. The summed E-state index contributed by atoms with van der Waals surface area (Å²) in [6.07, 6.45) is 1.48. The molecule has 0 fully saturated rings. The van der Waals surface area contributed by atoms with E-state index in [1.165, 1.54) is 30.1 Å². The van der Waals surface area contributed by atoms with E-state index >= 15 is 0 Å². The van der Waals surface area contributed by atoms with Crippen molar-refractivity contribution in [2.45, 2.75) is 9.79 Å². The lowest BCUT2D eigenvalue weighted by Gasteiger charge is -2.14. The Bertz CT molecular complexity index is 1030. The van der Waals surface area contributed by atoms with Gasteiger partial charge in [-0.3, -0.25) is 24.7 Å². The Hall–Kier alpha value is -3.52. The summed E-state index contributed by atoms with van der Waals surface area (Å²) in [5, 5.41) is 10.7. The number of amides is 2. The Labute approximate surface area is 157 Å². The molecule has 0 radical (unpaired) electrons. The first-order chi connectivity index (χ1) is 13.0. The van der Waals surface area contributed by atoms with Crippen LogP contribution in [-0.2, 0) is 0 Å². The van der Waals surface area contributed by atoms with Crippen LogP contribution in [0.2, 0.25) is 0 Å². The van der Waals surface area contributed by atoms with Gasteiger partial charge in [0.25, 0.3) is 17.5 Å². The van der Waals surface area contributed by atoms with Crippen LogP contribution in [0.4, 0.5) is 11.4 Å². The van der Waals surface area contributed by atoms with Crippen molar-refractivity contribution in [2.24, 2.45) is 0 Å². The smallest absolute Gasteiger partial charge is 0.268 e. The van der Waals surface area contributed by atoms with Crippen LogP contribution >= 0.6 is 11.8 Å². The number of benzene rings is 2. The van der Waals surface area contributed by atoms with Gasteiger partial charge in [0.1, 0.15) is 5.69 Å². The van der Waals surface area contributed by atoms with Gasteiger partial charge in [-0.1, -0.05) is 11.8 Å². The van der Waals surface area contributed by atoms with Crippen molar-refractivity contribution in [1.29, 1.82) is 0 Å². The molecular formula is C19H11N3O4S. The van der Waals surface area contributed by atoms with Gasteiger partial charge < -0.3 is 0 Å². The van der Waals surface area contributed by atoms with Gasteiger partial charge in [-0.05, 0) is 48.5 Å². The summed E-state index contributed by atoms with van der Waals surface area (Å²) in [6, 6.07) is 16.4. The fraction of sp³-hybridized carbons (Fsp3) is 0. The summed E-state index contributed by atoms with van der Waals surface area (Å²) >= 11 is 1.42. The molecule has 1 aliphatic heterocycles. The molecule has 132 valence electrons. The van der Waals surface area contributed by atoms with Crippen molar-refractivity contribution in [3.63, 3.8) is 0 Å². The lowest BCUT2D eigenvalue weighted by Crippen LogP contribution is -2.29. The summed E-state index contributed by atoms with van der Waals surface area (Å²) in [4.78, 5) is 42.0. The van der Waals surface area contributed by atoms with E-state index in [0.29, 0.717) is 11.3 Å². The number of nitrogens with zero attached hydrogens (tertiary/aromatic N) is 3. The van der Waals surface area contributed by atoms with Crippen molar-refractivity contribution in [3.8, 4) is 0 Å². The number of aromatic nitrogens is 1. The fourth-order valence-electron chi connectivity index (χ4n) is 2.74. The Morgan fingerprint density at radius 2 is 1.52 bits per heavy atom. The third kappa shape index (κ3) is 3.06. The van der Waals surface area contributed by atoms with Crippen LogP contribution in [0.15, 0.2) is 76.7 Å². The highest BCUT2D eigenvalue weighted by atomic mass is 32.2. The van der Waals surface area contributed by atoms with Crippen LogP contribution < -0.4 is 4.90 Å². The average Bonchev–Trinajstić information content (AvgIpc) is 2.94. The van der Waals surface area contributed by atoms with Crippen LogP contribution in [0.3, 0.4) is 0 Å². The van der Waals surface area contributed by atoms with Gasteiger partial charge in [0.15, 0.2) is 0 Å². The maximum Gasteiger partial charge on any atom is 0.284 e. The maximum absolute atomic E-state index is 12.5. The predicted octanol–water partition coefficient (Wildman–Crippen LogP) is 3.94.